The lowest BCUT2D eigenvalue weighted by Gasteiger charge is -2.29. The van der Waals surface area contributed by atoms with Crippen LogP contribution in [0.1, 0.15) is 0 Å². The van der Waals surface area contributed by atoms with Gasteiger partial charge in [-0.05, 0) is 104 Å². The Labute approximate surface area is 345 Å². The minimum absolute atomic E-state index is 0.899. The van der Waals surface area contributed by atoms with Gasteiger partial charge in [0.15, 0.2) is 0 Å². The molecule has 0 bridgehead atoms. The first-order chi connectivity index (χ1) is 29.2. The largest absolute Gasteiger partial charge is 0.456 e. The van der Waals surface area contributed by atoms with Gasteiger partial charge in [-0.3, -0.25) is 0 Å². The molecular formula is C56H35NOS. The van der Waals surface area contributed by atoms with Crippen molar-refractivity contribution in [2.75, 3.05) is 4.90 Å². The highest BCUT2D eigenvalue weighted by Crippen LogP contribution is 2.49. The minimum atomic E-state index is 0.899. The third-order valence-corrected chi connectivity index (χ3v) is 13.1. The average Bonchev–Trinajstić information content (AvgIpc) is 3.88. The van der Waals surface area contributed by atoms with Crippen LogP contribution in [0.25, 0.3) is 97.0 Å². The second-order valence-electron chi connectivity index (χ2n) is 15.2. The van der Waals surface area contributed by atoms with Gasteiger partial charge in [-0.15, -0.1) is 11.3 Å². The third kappa shape index (κ3) is 5.55. The Morgan fingerprint density at radius 2 is 1.00 bits per heavy atom. The molecule has 0 saturated carbocycles. The third-order valence-electron chi connectivity index (χ3n) is 11.9. The molecule has 2 nitrogen and oxygen atoms in total. The van der Waals surface area contributed by atoms with Crippen molar-refractivity contribution in [3.63, 3.8) is 0 Å². The van der Waals surface area contributed by atoms with Gasteiger partial charge in [-0.25, -0.2) is 0 Å². The van der Waals surface area contributed by atoms with Crippen LogP contribution in [0.15, 0.2) is 217 Å². The Morgan fingerprint density at radius 1 is 0.339 bits per heavy atom. The van der Waals surface area contributed by atoms with Crippen molar-refractivity contribution >= 4 is 92.1 Å². The molecule has 0 fully saturated rings. The van der Waals surface area contributed by atoms with Crippen LogP contribution in [0.3, 0.4) is 0 Å². The first-order valence-electron chi connectivity index (χ1n) is 20.1. The Hall–Kier alpha value is -7.46. The predicted molar refractivity (Wildman–Crippen MR) is 253 cm³/mol. The van der Waals surface area contributed by atoms with Crippen LogP contribution in [-0.2, 0) is 0 Å². The van der Waals surface area contributed by atoms with Gasteiger partial charge in [0.05, 0.1) is 16.1 Å². The van der Waals surface area contributed by atoms with E-state index in [1.807, 2.05) is 23.5 Å². The van der Waals surface area contributed by atoms with Gasteiger partial charge in [0.25, 0.3) is 0 Å². The Bertz CT molecular complexity index is 3560. The SMILES string of the molecule is c1ccc(-c2ccc(-c3cc4ccccc4c4ccccc34)cc2N(c2ccc(-c3ccc4c(c3)oc3ccccc34)cc2)c2cccc3c2sc2ccccc23)cc1. The van der Waals surface area contributed by atoms with Crippen LogP contribution in [0.4, 0.5) is 17.1 Å². The van der Waals surface area contributed by atoms with Gasteiger partial charge in [0, 0.05) is 37.5 Å². The summed E-state index contributed by atoms with van der Waals surface area (Å²) < 4.78 is 8.85. The second kappa shape index (κ2) is 13.6. The van der Waals surface area contributed by atoms with E-state index in [2.05, 4.69) is 205 Å². The molecule has 12 aromatic rings. The summed E-state index contributed by atoms with van der Waals surface area (Å²) in [5.74, 6) is 0. The van der Waals surface area contributed by atoms with Crippen molar-refractivity contribution in [3.05, 3.63) is 212 Å². The van der Waals surface area contributed by atoms with Crippen LogP contribution in [-0.4, -0.2) is 0 Å². The summed E-state index contributed by atoms with van der Waals surface area (Å²) in [5, 5.41) is 9.83. The molecule has 0 saturated heterocycles. The van der Waals surface area contributed by atoms with Crippen LogP contribution >= 0.6 is 11.3 Å². The first kappa shape index (κ1) is 33.7. The van der Waals surface area contributed by atoms with Crippen LogP contribution < -0.4 is 4.90 Å². The van der Waals surface area contributed by atoms with Crippen LogP contribution in [0.5, 0.6) is 0 Å². The average molecular weight is 770 g/mol. The molecule has 0 unspecified atom stereocenters. The Kier molecular flexibility index (Phi) is 7.75. The lowest BCUT2D eigenvalue weighted by molar-refractivity contribution is 0.669. The van der Waals surface area contributed by atoms with Crippen molar-refractivity contribution in [3.8, 4) is 33.4 Å². The molecule has 0 aliphatic rings. The van der Waals surface area contributed by atoms with E-state index in [9.17, 15) is 0 Å². The summed E-state index contributed by atoms with van der Waals surface area (Å²) in [7, 11) is 0. The maximum Gasteiger partial charge on any atom is 0.136 e. The van der Waals surface area contributed by atoms with E-state index >= 15 is 0 Å². The molecule has 0 radical (unpaired) electrons. The highest BCUT2D eigenvalue weighted by molar-refractivity contribution is 7.26. The molecule has 0 amide bonds. The number of para-hydroxylation sites is 1. The van der Waals surface area contributed by atoms with Crippen LogP contribution in [0, 0.1) is 0 Å². The summed E-state index contributed by atoms with van der Waals surface area (Å²) in [5.41, 5.74) is 12.1. The molecule has 12 rings (SSSR count). The Balaban J connectivity index is 1.10. The fourth-order valence-corrected chi connectivity index (χ4v) is 10.3. The second-order valence-corrected chi connectivity index (χ2v) is 16.3. The van der Waals surface area contributed by atoms with Gasteiger partial charge in [-0.1, -0.05) is 158 Å². The molecule has 0 atom stereocenters. The lowest BCUT2D eigenvalue weighted by atomic mass is 9.91. The molecule has 3 heteroatoms. The molecule has 2 heterocycles. The smallest absolute Gasteiger partial charge is 0.136 e. The minimum Gasteiger partial charge on any atom is -0.456 e. The van der Waals surface area contributed by atoms with Gasteiger partial charge in [0.2, 0.25) is 0 Å². The number of hydrogen-bond acceptors (Lipinski definition) is 3. The molecule has 0 aliphatic carbocycles. The number of benzene rings is 10. The van der Waals surface area contributed by atoms with E-state index in [1.165, 1.54) is 58.4 Å². The highest BCUT2D eigenvalue weighted by atomic mass is 32.1. The molecular weight excluding hydrogens is 735 g/mol. The lowest BCUT2D eigenvalue weighted by Crippen LogP contribution is -2.11. The van der Waals surface area contributed by atoms with Crippen LogP contribution in [0.2, 0.25) is 0 Å². The summed E-state index contributed by atoms with van der Waals surface area (Å²) in [6.45, 7) is 0. The highest BCUT2D eigenvalue weighted by Gasteiger charge is 2.23. The van der Waals surface area contributed by atoms with E-state index in [0.29, 0.717) is 0 Å². The topological polar surface area (TPSA) is 16.4 Å². The maximum atomic E-state index is 6.30. The number of anilines is 3. The van der Waals surface area contributed by atoms with Gasteiger partial charge >= 0.3 is 0 Å². The van der Waals surface area contributed by atoms with Crippen molar-refractivity contribution in [1.82, 2.24) is 0 Å². The van der Waals surface area contributed by atoms with Crippen molar-refractivity contribution in [2.45, 2.75) is 0 Å². The number of furan rings is 1. The molecule has 10 aromatic carbocycles. The normalized spacial score (nSPS) is 11.7. The van der Waals surface area contributed by atoms with E-state index in [0.717, 1.165) is 55.7 Å². The van der Waals surface area contributed by atoms with E-state index < -0.39 is 0 Å². The van der Waals surface area contributed by atoms with Gasteiger partial charge in [0.1, 0.15) is 11.2 Å². The molecule has 0 aliphatic heterocycles. The fourth-order valence-electron chi connectivity index (χ4n) is 9.06. The zero-order valence-electron chi connectivity index (χ0n) is 32.0. The van der Waals surface area contributed by atoms with E-state index in [1.54, 1.807) is 0 Å². The number of thiophene rings is 1. The number of fused-ring (bicyclic) bond motifs is 9. The quantitative estimate of drug-likeness (QED) is 0.157. The number of nitrogens with zero attached hydrogens (tertiary/aromatic N) is 1. The monoisotopic (exact) mass is 769 g/mol. The number of rotatable bonds is 6. The van der Waals surface area contributed by atoms with Gasteiger partial charge in [-0.2, -0.15) is 0 Å². The Morgan fingerprint density at radius 3 is 1.86 bits per heavy atom. The van der Waals surface area contributed by atoms with Crippen molar-refractivity contribution in [1.29, 1.82) is 0 Å². The summed E-state index contributed by atoms with van der Waals surface area (Å²) in [4.78, 5) is 2.49. The maximum absolute atomic E-state index is 6.30. The summed E-state index contributed by atoms with van der Waals surface area (Å²) >= 11 is 1.86. The van der Waals surface area contributed by atoms with Crippen molar-refractivity contribution < 1.29 is 4.42 Å². The first-order valence-corrected chi connectivity index (χ1v) is 20.9. The molecule has 0 spiro atoms. The fraction of sp³-hybridized carbons (Fsp3) is 0. The molecule has 59 heavy (non-hydrogen) atoms. The molecule has 2 aromatic heterocycles. The number of hydrogen-bond donors (Lipinski definition) is 0. The standard InChI is InChI=1S/C56H35NOS/c1-2-13-37(14-3-1)43-31-28-40(50-33-39-15-4-5-16-42(39)44-17-6-7-18-45(44)50)34-52(43)57(51-22-12-21-49-48-20-9-11-24-55(48)59-56(49)51)41-29-25-36(26-30-41)38-27-32-47-46-19-8-10-23-53(46)58-54(47)35-38/h1-35H. The summed E-state index contributed by atoms with van der Waals surface area (Å²) in [6, 6.07) is 77.2. The van der Waals surface area contributed by atoms with Gasteiger partial charge < -0.3 is 9.32 Å². The molecule has 0 N–H and O–H groups in total. The van der Waals surface area contributed by atoms with Crippen molar-refractivity contribution in [2.24, 2.45) is 0 Å². The zero-order valence-corrected chi connectivity index (χ0v) is 32.8. The predicted octanol–water partition coefficient (Wildman–Crippen LogP) is 16.7. The molecule has 276 valence electrons. The zero-order chi connectivity index (χ0) is 38.9. The van der Waals surface area contributed by atoms with E-state index in [4.69, 9.17) is 4.42 Å². The summed E-state index contributed by atoms with van der Waals surface area (Å²) in [6.07, 6.45) is 0. The van der Waals surface area contributed by atoms with E-state index in [-0.39, 0.29) is 0 Å².